The summed E-state index contributed by atoms with van der Waals surface area (Å²) in [6.45, 7) is 3.40. The lowest BCUT2D eigenvalue weighted by Crippen LogP contribution is -2.26. The average Bonchev–Trinajstić information content (AvgIpc) is 2.57. The molecule has 1 aromatic carbocycles. The molecule has 1 aromatic rings. The Labute approximate surface area is 98.2 Å². The fourth-order valence-electron chi connectivity index (χ4n) is 2.01. The summed E-state index contributed by atoms with van der Waals surface area (Å²) >= 11 is 9.61. The Bertz CT molecular complexity index is 340. The molecule has 0 radical (unpaired) electrons. The molecule has 1 heterocycles. The van der Waals surface area contributed by atoms with Gasteiger partial charge in [-0.05, 0) is 47.8 Å². The van der Waals surface area contributed by atoms with Crippen molar-refractivity contribution in [3.8, 4) is 0 Å². The molecule has 1 atom stereocenters. The van der Waals surface area contributed by atoms with Gasteiger partial charge in [0.2, 0.25) is 0 Å². The molecule has 1 saturated heterocycles. The van der Waals surface area contributed by atoms with Crippen LogP contribution in [0, 0.1) is 0 Å². The third kappa shape index (κ3) is 1.78. The highest BCUT2D eigenvalue weighted by molar-refractivity contribution is 9.10. The van der Waals surface area contributed by atoms with E-state index in [9.17, 15) is 0 Å². The van der Waals surface area contributed by atoms with E-state index in [1.54, 1.807) is 0 Å². The average molecular weight is 275 g/mol. The summed E-state index contributed by atoms with van der Waals surface area (Å²) in [4.78, 5) is 2.41. The zero-order valence-electron chi connectivity index (χ0n) is 8.13. The number of hydrogen-bond acceptors (Lipinski definition) is 1. The van der Waals surface area contributed by atoms with Gasteiger partial charge in [-0.2, -0.15) is 0 Å². The summed E-state index contributed by atoms with van der Waals surface area (Å²) in [7, 11) is 0. The Morgan fingerprint density at radius 1 is 1.50 bits per heavy atom. The Kier molecular flexibility index (Phi) is 3.03. The molecule has 3 heteroatoms. The molecule has 1 nitrogen and oxygen atoms in total. The maximum Gasteiger partial charge on any atom is 0.0595 e. The quantitative estimate of drug-likeness (QED) is 0.745. The molecular weight excluding hydrogens is 261 g/mol. The van der Waals surface area contributed by atoms with Crippen LogP contribution >= 0.6 is 27.5 Å². The van der Waals surface area contributed by atoms with Gasteiger partial charge in [0.15, 0.2) is 0 Å². The van der Waals surface area contributed by atoms with Crippen LogP contribution in [0.4, 0.5) is 5.69 Å². The number of rotatable bonds is 1. The van der Waals surface area contributed by atoms with Crippen molar-refractivity contribution < 1.29 is 0 Å². The second-order valence-corrected chi connectivity index (χ2v) is 4.96. The van der Waals surface area contributed by atoms with Gasteiger partial charge < -0.3 is 4.90 Å². The summed E-state index contributed by atoms with van der Waals surface area (Å²) in [5.41, 5.74) is 1.22. The van der Waals surface area contributed by atoms with E-state index in [1.165, 1.54) is 18.5 Å². The van der Waals surface area contributed by atoms with Gasteiger partial charge in [-0.1, -0.05) is 17.7 Å². The SMILES string of the molecule is CC1CCCN1c1cccc(Cl)c1Br. The van der Waals surface area contributed by atoms with Crippen molar-refractivity contribution in [1.82, 2.24) is 0 Å². The standard InChI is InChI=1S/C11H13BrClN/c1-8-4-3-7-14(8)10-6-2-5-9(13)11(10)12/h2,5-6,8H,3-4,7H2,1H3. The third-order valence-corrected chi connectivity index (χ3v) is 4.17. The first kappa shape index (κ1) is 10.3. The van der Waals surface area contributed by atoms with E-state index >= 15 is 0 Å². The van der Waals surface area contributed by atoms with Gasteiger partial charge >= 0.3 is 0 Å². The summed E-state index contributed by atoms with van der Waals surface area (Å²) in [5.74, 6) is 0. The van der Waals surface area contributed by atoms with E-state index in [4.69, 9.17) is 11.6 Å². The van der Waals surface area contributed by atoms with Crippen molar-refractivity contribution in [2.45, 2.75) is 25.8 Å². The third-order valence-electron chi connectivity index (χ3n) is 2.79. The normalized spacial score (nSPS) is 21.6. The lowest BCUT2D eigenvalue weighted by Gasteiger charge is -2.25. The summed E-state index contributed by atoms with van der Waals surface area (Å²) in [5, 5.41) is 0.793. The van der Waals surface area contributed by atoms with E-state index < -0.39 is 0 Å². The van der Waals surface area contributed by atoms with Crippen LogP contribution in [0.25, 0.3) is 0 Å². The molecule has 1 aliphatic rings. The molecule has 1 aliphatic heterocycles. The summed E-state index contributed by atoms with van der Waals surface area (Å²) in [6, 6.07) is 6.67. The molecule has 1 fully saturated rings. The Balaban J connectivity index is 2.36. The van der Waals surface area contributed by atoms with E-state index in [-0.39, 0.29) is 0 Å². The van der Waals surface area contributed by atoms with Crippen LogP contribution in [-0.4, -0.2) is 12.6 Å². The van der Waals surface area contributed by atoms with Gasteiger partial charge in [-0.15, -0.1) is 0 Å². The van der Waals surface area contributed by atoms with E-state index in [2.05, 4.69) is 33.8 Å². The zero-order valence-corrected chi connectivity index (χ0v) is 10.5. The molecular formula is C11H13BrClN. The largest absolute Gasteiger partial charge is 0.368 e. The van der Waals surface area contributed by atoms with Gasteiger partial charge in [0, 0.05) is 12.6 Å². The molecule has 0 aromatic heterocycles. The minimum atomic E-state index is 0.629. The minimum absolute atomic E-state index is 0.629. The Morgan fingerprint density at radius 3 is 2.93 bits per heavy atom. The van der Waals surface area contributed by atoms with Crippen LogP contribution in [0.1, 0.15) is 19.8 Å². The molecule has 0 amide bonds. The molecule has 0 spiro atoms. The second kappa shape index (κ2) is 4.11. The van der Waals surface area contributed by atoms with Crippen LogP contribution in [0.15, 0.2) is 22.7 Å². The maximum absolute atomic E-state index is 6.07. The van der Waals surface area contributed by atoms with Crippen molar-refractivity contribution in [2.75, 3.05) is 11.4 Å². The molecule has 2 rings (SSSR count). The van der Waals surface area contributed by atoms with Crippen LogP contribution in [0.3, 0.4) is 0 Å². The van der Waals surface area contributed by atoms with Crippen molar-refractivity contribution in [1.29, 1.82) is 0 Å². The predicted octanol–water partition coefficient (Wildman–Crippen LogP) is 4.09. The van der Waals surface area contributed by atoms with E-state index in [1.807, 2.05) is 12.1 Å². The van der Waals surface area contributed by atoms with Gasteiger partial charge in [0.05, 0.1) is 15.2 Å². The highest BCUT2D eigenvalue weighted by Crippen LogP contribution is 2.36. The smallest absolute Gasteiger partial charge is 0.0595 e. The van der Waals surface area contributed by atoms with Crippen LogP contribution < -0.4 is 4.90 Å². The van der Waals surface area contributed by atoms with Gasteiger partial charge in [0.1, 0.15) is 0 Å². The number of nitrogens with zero attached hydrogens (tertiary/aromatic N) is 1. The van der Waals surface area contributed by atoms with E-state index in [0.717, 1.165) is 16.0 Å². The lowest BCUT2D eigenvalue weighted by molar-refractivity contribution is 0.734. The second-order valence-electron chi connectivity index (χ2n) is 3.76. The van der Waals surface area contributed by atoms with Crippen LogP contribution in [0.5, 0.6) is 0 Å². The minimum Gasteiger partial charge on any atom is -0.368 e. The highest BCUT2D eigenvalue weighted by atomic mass is 79.9. The molecule has 0 aliphatic carbocycles. The highest BCUT2D eigenvalue weighted by Gasteiger charge is 2.22. The van der Waals surface area contributed by atoms with Crippen LogP contribution in [0.2, 0.25) is 5.02 Å². The number of anilines is 1. The first-order valence-corrected chi connectivity index (χ1v) is 6.08. The monoisotopic (exact) mass is 273 g/mol. The first-order valence-electron chi connectivity index (χ1n) is 4.91. The van der Waals surface area contributed by atoms with Gasteiger partial charge in [0.25, 0.3) is 0 Å². The lowest BCUT2D eigenvalue weighted by atomic mass is 10.2. The van der Waals surface area contributed by atoms with E-state index in [0.29, 0.717) is 6.04 Å². The molecule has 0 saturated carbocycles. The predicted molar refractivity (Wildman–Crippen MR) is 65.2 cm³/mol. The molecule has 76 valence electrons. The molecule has 14 heavy (non-hydrogen) atoms. The summed E-state index contributed by atoms with van der Waals surface area (Å²) in [6.07, 6.45) is 2.55. The topological polar surface area (TPSA) is 3.24 Å². The Morgan fingerprint density at radius 2 is 2.29 bits per heavy atom. The first-order chi connectivity index (χ1) is 6.70. The van der Waals surface area contributed by atoms with Crippen molar-refractivity contribution in [3.63, 3.8) is 0 Å². The molecule has 0 N–H and O–H groups in total. The fraction of sp³-hybridized carbons (Fsp3) is 0.455. The fourth-order valence-corrected chi connectivity index (χ4v) is 2.67. The van der Waals surface area contributed by atoms with Gasteiger partial charge in [-0.25, -0.2) is 0 Å². The number of halogens is 2. The van der Waals surface area contributed by atoms with Crippen LogP contribution in [-0.2, 0) is 0 Å². The Hall–Kier alpha value is -0.210. The number of hydrogen-bond donors (Lipinski definition) is 0. The molecule has 0 bridgehead atoms. The van der Waals surface area contributed by atoms with Crippen molar-refractivity contribution in [2.24, 2.45) is 0 Å². The van der Waals surface area contributed by atoms with Crippen molar-refractivity contribution >= 4 is 33.2 Å². The maximum atomic E-state index is 6.07. The van der Waals surface area contributed by atoms with Gasteiger partial charge in [-0.3, -0.25) is 0 Å². The number of benzene rings is 1. The molecule has 1 unspecified atom stereocenters. The zero-order chi connectivity index (χ0) is 10.1. The summed E-state index contributed by atoms with van der Waals surface area (Å²) < 4.78 is 1.02. The van der Waals surface area contributed by atoms with Crippen molar-refractivity contribution in [3.05, 3.63) is 27.7 Å².